The summed E-state index contributed by atoms with van der Waals surface area (Å²) >= 11 is 0. The van der Waals surface area contributed by atoms with Crippen LogP contribution < -0.4 is 0 Å². The Morgan fingerprint density at radius 3 is 2.59 bits per heavy atom. The van der Waals surface area contributed by atoms with Crippen molar-refractivity contribution in [1.29, 1.82) is 0 Å². The summed E-state index contributed by atoms with van der Waals surface area (Å²) in [7, 11) is 1.98. The Hall–Kier alpha value is -1.35. The Kier molecular flexibility index (Phi) is 3.20. The van der Waals surface area contributed by atoms with Crippen LogP contribution in [-0.4, -0.2) is 36.1 Å². The van der Waals surface area contributed by atoms with Gasteiger partial charge in [0, 0.05) is 19.0 Å². The summed E-state index contributed by atoms with van der Waals surface area (Å²) in [5.74, 6) is -0.837. The van der Waals surface area contributed by atoms with Crippen molar-refractivity contribution in [2.24, 2.45) is 5.92 Å². The van der Waals surface area contributed by atoms with Crippen LogP contribution in [0.3, 0.4) is 0 Å². The molecule has 0 aliphatic carbocycles. The highest BCUT2D eigenvalue weighted by molar-refractivity contribution is 5.72. The van der Waals surface area contributed by atoms with Gasteiger partial charge in [0.2, 0.25) is 0 Å². The SMILES string of the molecule is Cc1ccc(C2CN(C)CC2C(=O)O)cc1C. The number of hydrogen-bond acceptors (Lipinski definition) is 2. The number of carbonyl (C=O) groups is 1. The van der Waals surface area contributed by atoms with E-state index in [1.807, 2.05) is 7.05 Å². The summed E-state index contributed by atoms with van der Waals surface area (Å²) in [6, 6.07) is 6.29. The summed E-state index contributed by atoms with van der Waals surface area (Å²) < 4.78 is 0. The van der Waals surface area contributed by atoms with Crippen LogP contribution in [0.15, 0.2) is 18.2 Å². The number of aliphatic carboxylic acids is 1. The van der Waals surface area contributed by atoms with Gasteiger partial charge in [-0.2, -0.15) is 0 Å². The molecule has 2 rings (SSSR count). The van der Waals surface area contributed by atoms with E-state index in [4.69, 9.17) is 0 Å². The van der Waals surface area contributed by atoms with E-state index in [1.165, 1.54) is 11.1 Å². The average molecular weight is 233 g/mol. The van der Waals surface area contributed by atoms with Crippen LogP contribution in [-0.2, 0) is 4.79 Å². The van der Waals surface area contributed by atoms with Gasteiger partial charge in [-0.3, -0.25) is 4.79 Å². The number of benzene rings is 1. The molecular formula is C14H19NO2. The fraction of sp³-hybridized carbons (Fsp3) is 0.500. The highest BCUT2D eigenvalue weighted by Gasteiger charge is 2.36. The van der Waals surface area contributed by atoms with Crippen LogP contribution in [0.5, 0.6) is 0 Å². The van der Waals surface area contributed by atoms with Gasteiger partial charge in [-0.1, -0.05) is 18.2 Å². The maximum atomic E-state index is 11.3. The van der Waals surface area contributed by atoms with Gasteiger partial charge in [0.1, 0.15) is 0 Å². The van der Waals surface area contributed by atoms with Crippen LogP contribution >= 0.6 is 0 Å². The zero-order chi connectivity index (χ0) is 12.6. The predicted molar refractivity (Wildman–Crippen MR) is 67.3 cm³/mol. The molecule has 0 bridgehead atoms. The Balaban J connectivity index is 2.31. The van der Waals surface area contributed by atoms with E-state index < -0.39 is 5.97 Å². The van der Waals surface area contributed by atoms with Gasteiger partial charge in [-0.05, 0) is 37.6 Å². The second kappa shape index (κ2) is 4.49. The van der Waals surface area contributed by atoms with E-state index in [9.17, 15) is 9.90 Å². The minimum Gasteiger partial charge on any atom is -0.481 e. The second-order valence-corrected chi connectivity index (χ2v) is 5.12. The lowest BCUT2D eigenvalue weighted by Gasteiger charge is -2.16. The molecule has 2 unspecified atom stereocenters. The van der Waals surface area contributed by atoms with Crippen LogP contribution in [0, 0.1) is 19.8 Å². The fourth-order valence-electron chi connectivity index (χ4n) is 2.58. The van der Waals surface area contributed by atoms with E-state index in [-0.39, 0.29) is 11.8 Å². The first-order valence-electron chi connectivity index (χ1n) is 5.97. The molecule has 1 aromatic rings. The lowest BCUT2D eigenvalue weighted by molar-refractivity contribution is -0.141. The Morgan fingerprint density at radius 2 is 2.00 bits per heavy atom. The van der Waals surface area contributed by atoms with Crippen molar-refractivity contribution in [1.82, 2.24) is 4.90 Å². The minimum absolute atomic E-state index is 0.122. The molecule has 92 valence electrons. The van der Waals surface area contributed by atoms with Crippen LogP contribution in [0.4, 0.5) is 0 Å². The lowest BCUT2D eigenvalue weighted by atomic mass is 9.87. The zero-order valence-corrected chi connectivity index (χ0v) is 10.6. The van der Waals surface area contributed by atoms with Crippen molar-refractivity contribution in [2.75, 3.05) is 20.1 Å². The molecule has 0 aromatic heterocycles. The molecular weight excluding hydrogens is 214 g/mol. The molecule has 17 heavy (non-hydrogen) atoms. The maximum Gasteiger partial charge on any atom is 0.308 e. The van der Waals surface area contributed by atoms with Gasteiger partial charge in [0.25, 0.3) is 0 Å². The molecule has 1 saturated heterocycles. The summed E-state index contributed by atoms with van der Waals surface area (Å²) in [6.45, 7) is 5.63. The zero-order valence-electron chi connectivity index (χ0n) is 10.6. The quantitative estimate of drug-likeness (QED) is 0.849. The monoisotopic (exact) mass is 233 g/mol. The molecule has 1 aromatic carbocycles. The van der Waals surface area contributed by atoms with Gasteiger partial charge >= 0.3 is 5.97 Å². The molecule has 0 saturated carbocycles. The molecule has 0 radical (unpaired) electrons. The number of hydrogen-bond donors (Lipinski definition) is 1. The molecule has 1 heterocycles. The first-order chi connectivity index (χ1) is 7.99. The highest BCUT2D eigenvalue weighted by atomic mass is 16.4. The molecule has 1 fully saturated rings. The predicted octanol–water partition coefficient (Wildman–Crippen LogP) is 2.03. The Morgan fingerprint density at radius 1 is 1.29 bits per heavy atom. The number of aryl methyl sites for hydroxylation is 2. The van der Waals surface area contributed by atoms with Gasteiger partial charge < -0.3 is 10.0 Å². The number of likely N-dealkylation sites (N-methyl/N-ethyl adjacent to an activating group) is 1. The van der Waals surface area contributed by atoms with Crippen molar-refractivity contribution < 1.29 is 9.90 Å². The second-order valence-electron chi connectivity index (χ2n) is 5.12. The fourth-order valence-corrected chi connectivity index (χ4v) is 2.58. The minimum atomic E-state index is -0.683. The van der Waals surface area contributed by atoms with Crippen molar-refractivity contribution in [3.05, 3.63) is 34.9 Å². The van der Waals surface area contributed by atoms with Crippen LogP contribution in [0.1, 0.15) is 22.6 Å². The lowest BCUT2D eigenvalue weighted by Crippen LogP contribution is -2.21. The number of nitrogens with zero attached hydrogens (tertiary/aromatic N) is 1. The van der Waals surface area contributed by atoms with Crippen molar-refractivity contribution >= 4 is 5.97 Å². The van der Waals surface area contributed by atoms with E-state index in [0.29, 0.717) is 6.54 Å². The van der Waals surface area contributed by atoms with Gasteiger partial charge in [-0.15, -0.1) is 0 Å². The summed E-state index contributed by atoms with van der Waals surface area (Å²) in [4.78, 5) is 13.4. The molecule has 2 atom stereocenters. The third-order valence-corrected chi connectivity index (χ3v) is 3.78. The third kappa shape index (κ3) is 2.34. The number of likely N-dealkylation sites (tertiary alicyclic amines) is 1. The van der Waals surface area contributed by atoms with Crippen molar-refractivity contribution in [2.45, 2.75) is 19.8 Å². The molecule has 0 amide bonds. The van der Waals surface area contributed by atoms with Crippen LogP contribution in [0.2, 0.25) is 0 Å². The first-order valence-corrected chi connectivity index (χ1v) is 5.97. The van der Waals surface area contributed by atoms with E-state index >= 15 is 0 Å². The highest BCUT2D eigenvalue weighted by Crippen LogP contribution is 2.32. The van der Waals surface area contributed by atoms with E-state index in [2.05, 4.69) is 36.9 Å². The molecule has 1 N–H and O–H groups in total. The smallest absolute Gasteiger partial charge is 0.308 e. The molecule has 0 spiro atoms. The van der Waals surface area contributed by atoms with Crippen LogP contribution in [0.25, 0.3) is 0 Å². The first kappa shape index (κ1) is 12.1. The maximum absolute atomic E-state index is 11.3. The third-order valence-electron chi connectivity index (χ3n) is 3.78. The Bertz CT molecular complexity index is 442. The summed E-state index contributed by atoms with van der Waals surface area (Å²) in [5.41, 5.74) is 3.65. The molecule has 1 aliphatic heterocycles. The Labute approximate surface area is 102 Å². The standard InChI is InChI=1S/C14H19NO2/c1-9-4-5-11(6-10(9)2)12-7-15(3)8-13(12)14(16)17/h4-6,12-13H,7-8H2,1-3H3,(H,16,17). The topological polar surface area (TPSA) is 40.5 Å². The van der Waals surface area contributed by atoms with Gasteiger partial charge in [-0.25, -0.2) is 0 Å². The summed E-state index contributed by atoms with van der Waals surface area (Å²) in [5, 5.41) is 9.26. The largest absolute Gasteiger partial charge is 0.481 e. The van der Waals surface area contributed by atoms with Gasteiger partial charge in [0.15, 0.2) is 0 Å². The van der Waals surface area contributed by atoms with Gasteiger partial charge in [0.05, 0.1) is 5.92 Å². The molecule has 3 nitrogen and oxygen atoms in total. The molecule has 3 heteroatoms. The van der Waals surface area contributed by atoms with Crippen molar-refractivity contribution in [3.63, 3.8) is 0 Å². The average Bonchev–Trinajstić information content (AvgIpc) is 2.64. The van der Waals surface area contributed by atoms with E-state index in [0.717, 1.165) is 12.1 Å². The normalized spacial score (nSPS) is 25.1. The summed E-state index contributed by atoms with van der Waals surface area (Å²) in [6.07, 6.45) is 0. The number of carboxylic acid groups (broad SMARTS) is 1. The number of carboxylic acids is 1. The molecule has 1 aliphatic rings. The van der Waals surface area contributed by atoms with E-state index in [1.54, 1.807) is 0 Å². The number of rotatable bonds is 2. The van der Waals surface area contributed by atoms with Crippen molar-refractivity contribution in [3.8, 4) is 0 Å².